The van der Waals surface area contributed by atoms with Crippen LogP contribution in [0.25, 0.3) is 10.9 Å². The minimum absolute atomic E-state index is 0.452. The number of halogens is 2. The molecule has 0 amide bonds. The fraction of sp³-hybridized carbons (Fsp3) is 0.273. The molecule has 0 N–H and O–H groups in total. The van der Waals surface area contributed by atoms with Gasteiger partial charge in [0.05, 0.1) is 12.5 Å². The predicted octanol–water partition coefficient (Wildman–Crippen LogP) is 3.62. The molecular weight excluding hydrogens is 291 g/mol. The summed E-state index contributed by atoms with van der Waals surface area (Å²) in [6.07, 6.45) is 0.741. The first-order chi connectivity index (χ1) is 7.67. The number of ether oxygens (including phenoxy) is 1. The second-order valence-electron chi connectivity index (χ2n) is 3.26. The average molecular weight is 302 g/mol. The Labute approximate surface area is 107 Å². The maximum Gasteiger partial charge on any atom is 0.145 e. The van der Waals surface area contributed by atoms with E-state index in [9.17, 15) is 0 Å². The molecule has 0 aliphatic rings. The van der Waals surface area contributed by atoms with E-state index in [2.05, 4.69) is 25.9 Å². The van der Waals surface area contributed by atoms with Crippen LogP contribution in [0.4, 0.5) is 0 Å². The first-order valence-corrected chi connectivity index (χ1v) is 6.03. The zero-order valence-electron chi connectivity index (χ0n) is 8.92. The van der Waals surface area contributed by atoms with Crippen molar-refractivity contribution in [2.45, 2.75) is 13.3 Å². The van der Waals surface area contributed by atoms with Gasteiger partial charge in [-0.3, -0.25) is 0 Å². The van der Waals surface area contributed by atoms with Gasteiger partial charge < -0.3 is 4.74 Å². The van der Waals surface area contributed by atoms with Crippen molar-refractivity contribution in [1.82, 2.24) is 9.97 Å². The molecule has 1 aromatic heterocycles. The number of methoxy groups -OCH3 is 1. The van der Waals surface area contributed by atoms with Crippen LogP contribution in [0.5, 0.6) is 5.75 Å². The lowest BCUT2D eigenvalue weighted by molar-refractivity contribution is 0.418. The molecule has 0 saturated heterocycles. The molecule has 5 heteroatoms. The standard InChI is InChI=1S/C11H10BrClN2O/c1-3-8-14-10-7(16-2)5-4-6(12)9(10)11(13)15-8/h4-5H,3H2,1-2H3. The summed E-state index contributed by atoms with van der Waals surface area (Å²) in [4.78, 5) is 8.66. The van der Waals surface area contributed by atoms with Gasteiger partial charge in [0.1, 0.15) is 22.2 Å². The normalized spacial score (nSPS) is 10.8. The minimum atomic E-state index is 0.452. The van der Waals surface area contributed by atoms with E-state index in [-0.39, 0.29) is 0 Å². The lowest BCUT2D eigenvalue weighted by atomic mass is 10.2. The van der Waals surface area contributed by atoms with Crippen LogP contribution < -0.4 is 4.74 Å². The van der Waals surface area contributed by atoms with Crippen LogP contribution in [0, 0.1) is 0 Å². The van der Waals surface area contributed by atoms with Crippen LogP contribution >= 0.6 is 27.5 Å². The van der Waals surface area contributed by atoms with Crippen molar-refractivity contribution in [1.29, 1.82) is 0 Å². The van der Waals surface area contributed by atoms with Gasteiger partial charge in [-0.25, -0.2) is 9.97 Å². The SMILES string of the molecule is CCc1nc(Cl)c2c(Br)ccc(OC)c2n1. The monoisotopic (exact) mass is 300 g/mol. The molecule has 0 atom stereocenters. The predicted molar refractivity (Wildman–Crippen MR) is 68.2 cm³/mol. The van der Waals surface area contributed by atoms with Crippen molar-refractivity contribution in [3.63, 3.8) is 0 Å². The zero-order valence-corrected chi connectivity index (χ0v) is 11.3. The summed E-state index contributed by atoms with van der Waals surface area (Å²) in [5, 5.41) is 1.24. The van der Waals surface area contributed by atoms with E-state index in [1.165, 1.54) is 0 Å². The van der Waals surface area contributed by atoms with Gasteiger partial charge in [-0.1, -0.05) is 18.5 Å². The van der Waals surface area contributed by atoms with E-state index < -0.39 is 0 Å². The third kappa shape index (κ3) is 1.87. The van der Waals surface area contributed by atoms with Gasteiger partial charge >= 0.3 is 0 Å². The molecule has 0 bridgehead atoms. The molecule has 0 spiro atoms. The highest BCUT2D eigenvalue weighted by Crippen LogP contribution is 2.34. The Hall–Kier alpha value is -0.870. The van der Waals surface area contributed by atoms with Gasteiger partial charge in [-0.2, -0.15) is 0 Å². The Morgan fingerprint density at radius 3 is 2.75 bits per heavy atom. The van der Waals surface area contributed by atoms with E-state index in [4.69, 9.17) is 16.3 Å². The lowest BCUT2D eigenvalue weighted by Gasteiger charge is -2.08. The van der Waals surface area contributed by atoms with Gasteiger partial charge in [-0.05, 0) is 28.1 Å². The van der Waals surface area contributed by atoms with E-state index >= 15 is 0 Å². The van der Waals surface area contributed by atoms with Gasteiger partial charge in [-0.15, -0.1) is 0 Å². The number of fused-ring (bicyclic) bond motifs is 1. The highest BCUT2D eigenvalue weighted by molar-refractivity contribution is 9.10. The van der Waals surface area contributed by atoms with Crippen molar-refractivity contribution in [3.05, 3.63) is 27.6 Å². The highest BCUT2D eigenvalue weighted by atomic mass is 79.9. The van der Waals surface area contributed by atoms with E-state index in [0.717, 1.165) is 21.8 Å². The molecule has 3 nitrogen and oxygen atoms in total. The van der Waals surface area contributed by atoms with Gasteiger partial charge in [0.25, 0.3) is 0 Å². The van der Waals surface area contributed by atoms with Crippen molar-refractivity contribution < 1.29 is 4.74 Å². The van der Waals surface area contributed by atoms with Gasteiger partial charge in [0, 0.05) is 10.9 Å². The number of aryl methyl sites for hydroxylation is 1. The maximum absolute atomic E-state index is 6.14. The summed E-state index contributed by atoms with van der Waals surface area (Å²) >= 11 is 9.58. The third-order valence-corrected chi connectivity index (χ3v) is 3.23. The van der Waals surface area contributed by atoms with Gasteiger partial charge in [0.2, 0.25) is 0 Å². The van der Waals surface area contributed by atoms with Crippen molar-refractivity contribution in [3.8, 4) is 5.75 Å². The van der Waals surface area contributed by atoms with E-state index in [0.29, 0.717) is 16.7 Å². The quantitative estimate of drug-likeness (QED) is 0.795. The van der Waals surface area contributed by atoms with Crippen LogP contribution in [-0.4, -0.2) is 17.1 Å². The Balaban J connectivity index is 2.87. The van der Waals surface area contributed by atoms with Crippen molar-refractivity contribution >= 4 is 38.4 Å². The fourth-order valence-electron chi connectivity index (χ4n) is 1.50. The molecule has 2 aromatic rings. The topological polar surface area (TPSA) is 35.0 Å². The van der Waals surface area contributed by atoms with Crippen LogP contribution in [0.15, 0.2) is 16.6 Å². The van der Waals surface area contributed by atoms with Crippen molar-refractivity contribution in [2.75, 3.05) is 7.11 Å². The summed E-state index contributed by atoms with van der Waals surface area (Å²) in [7, 11) is 1.62. The number of benzene rings is 1. The average Bonchev–Trinajstić information content (AvgIpc) is 2.28. The Morgan fingerprint density at radius 1 is 1.38 bits per heavy atom. The molecule has 0 saturated carbocycles. The number of rotatable bonds is 2. The summed E-state index contributed by atoms with van der Waals surface area (Å²) in [5.74, 6) is 1.42. The Morgan fingerprint density at radius 2 is 2.12 bits per heavy atom. The molecule has 0 fully saturated rings. The highest BCUT2D eigenvalue weighted by Gasteiger charge is 2.12. The van der Waals surface area contributed by atoms with Crippen molar-refractivity contribution in [2.24, 2.45) is 0 Å². The summed E-state index contributed by atoms with van der Waals surface area (Å²) in [5.41, 5.74) is 0.744. The molecule has 1 aromatic carbocycles. The molecule has 0 unspecified atom stereocenters. The molecule has 0 radical (unpaired) electrons. The second kappa shape index (κ2) is 4.55. The second-order valence-corrected chi connectivity index (χ2v) is 4.47. The third-order valence-electron chi connectivity index (χ3n) is 2.30. The number of nitrogens with zero attached hydrogens (tertiary/aromatic N) is 2. The van der Waals surface area contributed by atoms with Crippen LogP contribution in [0.1, 0.15) is 12.7 Å². The summed E-state index contributed by atoms with van der Waals surface area (Å²) < 4.78 is 6.14. The largest absolute Gasteiger partial charge is 0.494 e. The Kier molecular flexibility index (Phi) is 3.30. The first kappa shape index (κ1) is 11.6. The molecule has 0 aliphatic heterocycles. The molecule has 1 heterocycles. The van der Waals surface area contributed by atoms with E-state index in [1.54, 1.807) is 7.11 Å². The van der Waals surface area contributed by atoms with Gasteiger partial charge in [0.15, 0.2) is 0 Å². The Bertz CT molecular complexity index is 545. The summed E-state index contributed by atoms with van der Waals surface area (Å²) in [6, 6.07) is 3.73. The number of hydrogen-bond acceptors (Lipinski definition) is 3. The number of hydrogen-bond donors (Lipinski definition) is 0. The summed E-state index contributed by atoms with van der Waals surface area (Å²) in [6.45, 7) is 1.99. The fourth-order valence-corrected chi connectivity index (χ4v) is 2.41. The smallest absolute Gasteiger partial charge is 0.145 e. The molecule has 16 heavy (non-hydrogen) atoms. The maximum atomic E-state index is 6.14. The lowest BCUT2D eigenvalue weighted by Crippen LogP contribution is -1.97. The zero-order chi connectivity index (χ0) is 11.7. The first-order valence-electron chi connectivity index (χ1n) is 4.86. The number of aromatic nitrogens is 2. The molecule has 84 valence electrons. The van der Waals surface area contributed by atoms with E-state index in [1.807, 2.05) is 19.1 Å². The molecule has 0 aliphatic carbocycles. The minimum Gasteiger partial charge on any atom is -0.494 e. The van der Waals surface area contributed by atoms with Crippen LogP contribution in [0.2, 0.25) is 5.15 Å². The molecular formula is C11H10BrClN2O. The van der Waals surface area contributed by atoms with Crippen LogP contribution in [-0.2, 0) is 6.42 Å². The van der Waals surface area contributed by atoms with Crippen LogP contribution in [0.3, 0.4) is 0 Å². The molecule has 2 rings (SSSR count).